The molecule has 98 valence electrons. The first-order valence-corrected chi connectivity index (χ1v) is 2.74. The van der Waals surface area contributed by atoms with Gasteiger partial charge in [0.05, 0.1) is 0 Å². The lowest BCUT2D eigenvalue weighted by atomic mass is 10.2. The molecule has 10 heteroatoms. The fraction of sp³-hybridized carbons (Fsp3) is 0.600. The predicted molar refractivity (Wildman–Crippen MR) is 50.6 cm³/mol. The molecule has 0 aromatic rings. The molecule has 0 aliphatic carbocycles. The number of carboxylic acid groups (broad SMARTS) is 2. The first-order valence-electron chi connectivity index (χ1n) is 2.74. The summed E-state index contributed by atoms with van der Waals surface area (Å²) in [6.07, 6.45) is -0.224. The Balaban J connectivity index is -0.0000000405. The van der Waals surface area contributed by atoms with Gasteiger partial charge in [-0.1, -0.05) is 0 Å². The maximum absolute atomic E-state index is 9.99. The minimum absolute atomic E-state index is 0. The SMILES string of the molecule is NC(CCC(=O)O)C(=O)O.O.O.O.O.O. The summed E-state index contributed by atoms with van der Waals surface area (Å²) < 4.78 is 0. The van der Waals surface area contributed by atoms with Crippen LogP contribution in [0.4, 0.5) is 0 Å². The van der Waals surface area contributed by atoms with Crippen LogP contribution in [0.3, 0.4) is 0 Å². The highest BCUT2D eigenvalue weighted by Crippen LogP contribution is 1.93. The quantitative estimate of drug-likeness (QED) is 0.432. The predicted octanol–water partition coefficient (Wildman–Crippen LogP) is -4.86. The molecule has 0 amide bonds. The van der Waals surface area contributed by atoms with Gasteiger partial charge in [-0.05, 0) is 6.42 Å². The molecule has 15 heavy (non-hydrogen) atoms. The molecule has 10 nitrogen and oxygen atoms in total. The van der Waals surface area contributed by atoms with Gasteiger partial charge >= 0.3 is 11.9 Å². The summed E-state index contributed by atoms with van der Waals surface area (Å²) in [5.74, 6) is -2.20. The van der Waals surface area contributed by atoms with Gasteiger partial charge in [0.2, 0.25) is 0 Å². The Morgan fingerprint density at radius 1 is 1.00 bits per heavy atom. The van der Waals surface area contributed by atoms with E-state index in [0.29, 0.717) is 0 Å². The van der Waals surface area contributed by atoms with Crippen LogP contribution in [0.5, 0.6) is 0 Å². The molecule has 1 unspecified atom stereocenters. The highest BCUT2D eigenvalue weighted by Gasteiger charge is 2.12. The highest BCUT2D eigenvalue weighted by atomic mass is 16.4. The molecule has 0 bridgehead atoms. The second-order valence-corrected chi connectivity index (χ2v) is 1.88. The number of rotatable bonds is 4. The largest absolute Gasteiger partial charge is 0.481 e. The Morgan fingerprint density at radius 2 is 1.33 bits per heavy atom. The van der Waals surface area contributed by atoms with Crippen molar-refractivity contribution in [2.75, 3.05) is 0 Å². The van der Waals surface area contributed by atoms with Gasteiger partial charge in [0, 0.05) is 6.42 Å². The summed E-state index contributed by atoms with van der Waals surface area (Å²) in [6, 6.07) is -1.06. The Morgan fingerprint density at radius 3 is 1.53 bits per heavy atom. The average Bonchev–Trinajstić information content (AvgIpc) is 1.82. The number of carbonyl (C=O) groups is 2. The van der Waals surface area contributed by atoms with E-state index in [4.69, 9.17) is 15.9 Å². The van der Waals surface area contributed by atoms with E-state index < -0.39 is 18.0 Å². The lowest BCUT2D eigenvalue weighted by Gasteiger charge is -2.01. The minimum Gasteiger partial charge on any atom is -0.481 e. The zero-order valence-corrected chi connectivity index (χ0v) is 7.78. The Bertz CT molecular complexity index is 149. The van der Waals surface area contributed by atoms with Crippen molar-refractivity contribution >= 4 is 11.9 Å². The molecule has 0 fully saturated rings. The third kappa shape index (κ3) is 24.5. The van der Waals surface area contributed by atoms with Gasteiger partial charge in [-0.2, -0.15) is 0 Å². The van der Waals surface area contributed by atoms with E-state index >= 15 is 0 Å². The molecule has 0 aliphatic rings. The van der Waals surface area contributed by atoms with E-state index in [1.165, 1.54) is 0 Å². The molecule has 0 rings (SSSR count). The van der Waals surface area contributed by atoms with Gasteiger partial charge in [-0.15, -0.1) is 0 Å². The van der Waals surface area contributed by atoms with E-state index in [0.717, 1.165) is 0 Å². The number of hydrogen-bond acceptors (Lipinski definition) is 3. The second kappa shape index (κ2) is 18.5. The molecule has 0 spiro atoms. The lowest BCUT2D eigenvalue weighted by molar-refractivity contribution is -0.139. The van der Waals surface area contributed by atoms with Crippen LogP contribution in [0.1, 0.15) is 12.8 Å². The third-order valence-electron chi connectivity index (χ3n) is 0.986. The van der Waals surface area contributed by atoms with E-state index in [-0.39, 0.29) is 40.2 Å². The van der Waals surface area contributed by atoms with Crippen molar-refractivity contribution in [2.24, 2.45) is 5.73 Å². The average molecular weight is 237 g/mol. The normalized spacial score (nSPS) is 8.33. The van der Waals surface area contributed by atoms with Crippen molar-refractivity contribution in [1.82, 2.24) is 0 Å². The number of nitrogens with two attached hydrogens (primary N) is 1. The fourth-order valence-electron chi connectivity index (χ4n) is 0.402. The molecule has 0 aromatic carbocycles. The smallest absolute Gasteiger partial charge is 0.320 e. The number of aliphatic carboxylic acids is 2. The van der Waals surface area contributed by atoms with Crippen LogP contribution in [0, 0.1) is 0 Å². The maximum Gasteiger partial charge on any atom is 0.320 e. The fourth-order valence-corrected chi connectivity index (χ4v) is 0.402. The van der Waals surface area contributed by atoms with Crippen molar-refractivity contribution in [3.8, 4) is 0 Å². The summed E-state index contributed by atoms with van der Waals surface area (Å²) in [5.41, 5.74) is 5.00. The Labute approximate surface area is 84.9 Å². The van der Waals surface area contributed by atoms with E-state index in [2.05, 4.69) is 0 Å². The molecule has 0 heterocycles. The standard InChI is InChI=1S/C5H9NO4.5H2O/c6-3(5(9)10)1-2-4(7)8;;;;;/h3H,1-2,6H2,(H,7,8)(H,9,10);5*1H2. The van der Waals surface area contributed by atoms with Crippen LogP contribution in [0.25, 0.3) is 0 Å². The molecule has 14 N–H and O–H groups in total. The topological polar surface area (TPSA) is 258 Å². The van der Waals surface area contributed by atoms with Gasteiger partial charge in [-0.25, -0.2) is 0 Å². The molecule has 0 saturated carbocycles. The first-order chi connectivity index (χ1) is 4.54. The zero-order chi connectivity index (χ0) is 8.15. The Kier molecular flexibility index (Phi) is 45.9. The van der Waals surface area contributed by atoms with Crippen LogP contribution in [0.15, 0.2) is 0 Å². The second-order valence-electron chi connectivity index (χ2n) is 1.88. The van der Waals surface area contributed by atoms with Crippen LogP contribution < -0.4 is 5.73 Å². The Hall–Kier alpha value is -1.30. The third-order valence-corrected chi connectivity index (χ3v) is 0.986. The van der Waals surface area contributed by atoms with E-state index in [9.17, 15) is 9.59 Å². The lowest BCUT2D eigenvalue weighted by Crippen LogP contribution is -2.30. The monoisotopic (exact) mass is 237 g/mol. The van der Waals surface area contributed by atoms with Gasteiger partial charge in [0.25, 0.3) is 0 Å². The van der Waals surface area contributed by atoms with Gasteiger partial charge in [-0.3, -0.25) is 9.59 Å². The van der Waals surface area contributed by atoms with Crippen molar-refractivity contribution in [1.29, 1.82) is 0 Å². The first kappa shape index (κ1) is 37.3. The number of hydrogen-bond donors (Lipinski definition) is 3. The van der Waals surface area contributed by atoms with E-state index in [1.807, 2.05) is 0 Å². The van der Waals surface area contributed by atoms with Crippen molar-refractivity contribution in [3.63, 3.8) is 0 Å². The number of carboxylic acids is 2. The summed E-state index contributed by atoms with van der Waals surface area (Å²) >= 11 is 0. The minimum atomic E-state index is -1.17. The molecule has 0 aliphatic heterocycles. The van der Waals surface area contributed by atoms with Crippen molar-refractivity contribution in [2.45, 2.75) is 18.9 Å². The van der Waals surface area contributed by atoms with Crippen LogP contribution >= 0.6 is 0 Å². The van der Waals surface area contributed by atoms with Gasteiger partial charge in [0.1, 0.15) is 6.04 Å². The van der Waals surface area contributed by atoms with Crippen LogP contribution in [-0.4, -0.2) is 55.6 Å². The highest BCUT2D eigenvalue weighted by molar-refractivity contribution is 5.74. The van der Waals surface area contributed by atoms with Gasteiger partial charge in [0.15, 0.2) is 0 Å². The molecule has 0 saturated heterocycles. The van der Waals surface area contributed by atoms with Crippen LogP contribution in [0.2, 0.25) is 0 Å². The van der Waals surface area contributed by atoms with Crippen molar-refractivity contribution < 1.29 is 47.2 Å². The summed E-state index contributed by atoms with van der Waals surface area (Å²) in [5, 5.41) is 16.3. The molecule has 1 atom stereocenters. The maximum atomic E-state index is 9.99. The summed E-state index contributed by atoms with van der Waals surface area (Å²) in [6.45, 7) is 0. The van der Waals surface area contributed by atoms with Gasteiger partial charge < -0.3 is 43.3 Å². The van der Waals surface area contributed by atoms with Crippen molar-refractivity contribution in [3.05, 3.63) is 0 Å². The van der Waals surface area contributed by atoms with E-state index in [1.54, 1.807) is 0 Å². The molecule has 0 aromatic heterocycles. The zero-order valence-electron chi connectivity index (χ0n) is 7.78. The van der Waals surface area contributed by atoms with Crippen LogP contribution in [-0.2, 0) is 9.59 Å². The molecular weight excluding hydrogens is 218 g/mol. The molecule has 0 radical (unpaired) electrons. The summed E-state index contributed by atoms with van der Waals surface area (Å²) in [7, 11) is 0. The molecular formula is C5H19NO9. The summed E-state index contributed by atoms with van der Waals surface area (Å²) in [4.78, 5) is 19.9.